The van der Waals surface area contributed by atoms with Crippen LogP contribution in [0.5, 0.6) is 0 Å². The zero-order chi connectivity index (χ0) is 32.7. The molecule has 2 saturated heterocycles. The lowest BCUT2D eigenvalue weighted by Gasteiger charge is -2.43. The molecule has 2 atom stereocenters. The van der Waals surface area contributed by atoms with Crippen molar-refractivity contribution in [2.24, 2.45) is 11.8 Å². The molecule has 2 aliphatic heterocycles. The van der Waals surface area contributed by atoms with Gasteiger partial charge in [0.05, 0.1) is 30.3 Å². The number of likely N-dealkylation sites (tertiary alicyclic amines) is 2. The second-order valence-corrected chi connectivity index (χ2v) is 14.8. The van der Waals surface area contributed by atoms with Gasteiger partial charge in [0.25, 0.3) is 11.8 Å². The van der Waals surface area contributed by atoms with Crippen LogP contribution >= 0.6 is 0 Å². The minimum Gasteiger partial charge on any atom is -0.444 e. The van der Waals surface area contributed by atoms with Crippen molar-refractivity contribution in [3.05, 3.63) is 23.5 Å². The highest BCUT2D eigenvalue weighted by Gasteiger charge is 2.46. The van der Waals surface area contributed by atoms with Gasteiger partial charge < -0.3 is 29.5 Å². The van der Waals surface area contributed by atoms with Crippen molar-refractivity contribution in [1.29, 1.82) is 0 Å². The van der Waals surface area contributed by atoms with Crippen molar-refractivity contribution in [2.45, 2.75) is 109 Å². The van der Waals surface area contributed by atoms with Crippen LogP contribution in [-0.4, -0.2) is 107 Å². The Morgan fingerprint density at radius 1 is 1.13 bits per heavy atom. The molecule has 1 aromatic rings. The summed E-state index contributed by atoms with van der Waals surface area (Å²) in [4.78, 5) is 50.5. The number of halogens is 2. The summed E-state index contributed by atoms with van der Waals surface area (Å²) in [5, 5.41) is 3.54. The number of piperidine rings is 1. The summed E-state index contributed by atoms with van der Waals surface area (Å²) >= 11 is 0. The third kappa shape index (κ3) is 8.23. The monoisotopic (exact) mass is 633 g/mol. The minimum atomic E-state index is -2.93. The van der Waals surface area contributed by atoms with Crippen LogP contribution in [0.25, 0.3) is 0 Å². The van der Waals surface area contributed by atoms with Gasteiger partial charge in [-0.05, 0) is 76.3 Å². The number of pyridine rings is 1. The van der Waals surface area contributed by atoms with E-state index in [1.165, 1.54) is 9.80 Å². The number of methoxy groups -OCH3 is 1. The first kappa shape index (κ1) is 33.3. The Kier molecular flexibility index (Phi) is 9.63. The van der Waals surface area contributed by atoms with Crippen molar-refractivity contribution in [3.63, 3.8) is 0 Å². The van der Waals surface area contributed by atoms with Crippen molar-refractivity contribution in [1.82, 2.24) is 19.7 Å². The van der Waals surface area contributed by atoms with Gasteiger partial charge in [0.2, 0.25) is 5.91 Å². The van der Waals surface area contributed by atoms with Gasteiger partial charge >= 0.3 is 6.09 Å². The fourth-order valence-corrected chi connectivity index (χ4v) is 6.56. The number of alkyl halides is 2. The van der Waals surface area contributed by atoms with Crippen LogP contribution in [0.2, 0.25) is 0 Å². The van der Waals surface area contributed by atoms with E-state index in [1.807, 2.05) is 19.9 Å². The number of anilines is 1. The molecule has 3 amide bonds. The Hall–Kier alpha value is -3.02. The van der Waals surface area contributed by atoms with Crippen LogP contribution in [-0.2, 0) is 14.3 Å². The number of carbonyl (C=O) groups is 3. The van der Waals surface area contributed by atoms with Crippen LogP contribution in [0.15, 0.2) is 12.3 Å². The van der Waals surface area contributed by atoms with Crippen LogP contribution < -0.4 is 5.32 Å². The lowest BCUT2D eigenvalue weighted by molar-refractivity contribution is -0.138. The maximum absolute atomic E-state index is 14.5. The summed E-state index contributed by atoms with van der Waals surface area (Å²) < 4.78 is 39.3. The van der Waals surface area contributed by atoms with Crippen LogP contribution in [0.4, 0.5) is 19.3 Å². The molecule has 45 heavy (non-hydrogen) atoms. The Bertz CT molecular complexity index is 1260. The number of nitrogens with zero attached hydrogens (tertiary/aromatic N) is 4. The molecule has 0 aromatic carbocycles. The number of hydrogen-bond acceptors (Lipinski definition) is 7. The van der Waals surface area contributed by atoms with Gasteiger partial charge in [0.15, 0.2) is 5.69 Å². The predicted molar refractivity (Wildman–Crippen MR) is 165 cm³/mol. The van der Waals surface area contributed by atoms with E-state index in [0.717, 1.165) is 31.2 Å². The average molecular weight is 634 g/mol. The maximum atomic E-state index is 14.5. The number of ether oxygens (including phenoxy) is 2. The first-order valence-electron chi connectivity index (χ1n) is 16.4. The molecule has 0 radical (unpaired) electrons. The van der Waals surface area contributed by atoms with Crippen LogP contribution in [0.3, 0.4) is 0 Å². The summed E-state index contributed by atoms with van der Waals surface area (Å²) in [6, 6.07) is 1.66. The fraction of sp³-hybridized carbons (Fsp3) is 0.758. The molecule has 0 bridgehead atoms. The Morgan fingerprint density at radius 3 is 2.42 bits per heavy atom. The number of aromatic nitrogens is 1. The molecule has 10 nitrogen and oxygen atoms in total. The molecule has 2 unspecified atom stereocenters. The Labute approximate surface area is 265 Å². The van der Waals surface area contributed by atoms with E-state index in [9.17, 15) is 23.2 Å². The van der Waals surface area contributed by atoms with Gasteiger partial charge in [-0.1, -0.05) is 13.8 Å². The first-order valence-corrected chi connectivity index (χ1v) is 16.4. The van der Waals surface area contributed by atoms with Gasteiger partial charge in [-0.3, -0.25) is 9.59 Å². The number of amides is 3. The molecule has 250 valence electrons. The van der Waals surface area contributed by atoms with Gasteiger partial charge in [-0.15, -0.1) is 0 Å². The molecule has 2 saturated carbocycles. The zero-order valence-electron chi connectivity index (χ0n) is 27.5. The molecule has 12 heteroatoms. The highest BCUT2D eigenvalue weighted by Crippen LogP contribution is 2.41. The third-order valence-corrected chi connectivity index (χ3v) is 9.12. The Balaban J connectivity index is 1.44. The highest BCUT2D eigenvalue weighted by molar-refractivity contribution is 5.98. The molecule has 1 aromatic heterocycles. The van der Waals surface area contributed by atoms with Gasteiger partial charge in [-0.2, -0.15) is 0 Å². The Morgan fingerprint density at radius 2 is 1.84 bits per heavy atom. The molecule has 0 spiro atoms. The van der Waals surface area contributed by atoms with E-state index in [4.69, 9.17) is 14.5 Å². The molecular formula is C33H49F2N5O5. The number of carbonyl (C=O) groups excluding carboxylic acids is 3. The summed E-state index contributed by atoms with van der Waals surface area (Å²) in [5.41, 5.74) is 1.32. The number of nitrogens with one attached hydrogen (secondary N) is 1. The standard InChI is InChI=1S/C33H49F2N5O5/c1-20(2)16-40(30(42)28-27(37-24-13-26(14-24)44-6)12-22(15-36-28)21-7-8-21)25-11-23(29(41)38-10-9-33(34,35)19-38)17-39(18-25)31(43)45-32(3,4)5/h12,15,20-21,23-26,37H,7-11,13-14,16-19H2,1-6H3. The van der Waals surface area contributed by atoms with Crippen LogP contribution in [0, 0.1) is 11.8 Å². The van der Waals surface area contributed by atoms with E-state index in [-0.39, 0.29) is 56.4 Å². The number of hydrogen-bond donors (Lipinski definition) is 1. The molecule has 5 rings (SSSR count). The normalized spacial score (nSPS) is 26.4. The summed E-state index contributed by atoms with van der Waals surface area (Å²) in [6.07, 6.45) is 5.11. The van der Waals surface area contributed by atoms with Crippen molar-refractivity contribution in [3.8, 4) is 0 Å². The summed E-state index contributed by atoms with van der Waals surface area (Å²) in [5.74, 6) is -3.86. The number of rotatable bonds is 9. The molecule has 1 N–H and O–H groups in total. The van der Waals surface area contributed by atoms with Crippen molar-refractivity contribution >= 4 is 23.6 Å². The minimum absolute atomic E-state index is 0.0362. The van der Waals surface area contributed by atoms with E-state index in [1.54, 1.807) is 39.0 Å². The van der Waals surface area contributed by atoms with Gasteiger partial charge in [0.1, 0.15) is 5.60 Å². The van der Waals surface area contributed by atoms with Crippen molar-refractivity contribution in [2.75, 3.05) is 45.2 Å². The smallest absolute Gasteiger partial charge is 0.410 e. The van der Waals surface area contributed by atoms with Gasteiger partial charge in [-0.25, -0.2) is 18.6 Å². The summed E-state index contributed by atoms with van der Waals surface area (Å²) in [7, 11) is 1.70. The zero-order valence-corrected chi connectivity index (χ0v) is 27.5. The fourth-order valence-electron chi connectivity index (χ4n) is 6.56. The second kappa shape index (κ2) is 13.0. The quantitative estimate of drug-likeness (QED) is 0.402. The molecule has 2 aliphatic carbocycles. The van der Waals surface area contributed by atoms with Crippen molar-refractivity contribution < 1.29 is 32.6 Å². The first-order chi connectivity index (χ1) is 21.1. The molecule has 3 heterocycles. The van der Waals surface area contributed by atoms with E-state index in [0.29, 0.717) is 23.8 Å². The second-order valence-electron chi connectivity index (χ2n) is 14.8. The van der Waals surface area contributed by atoms with E-state index >= 15 is 0 Å². The predicted octanol–water partition coefficient (Wildman–Crippen LogP) is 5.14. The van der Waals surface area contributed by atoms with E-state index in [2.05, 4.69) is 5.32 Å². The molecular weight excluding hydrogens is 584 g/mol. The van der Waals surface area contributed by atoms with Gasteiger partial charge in [0, 0.05) is 51.9 Å². The highest BCUT2D eigenvalue weighted by atomic mass is 19.3. The summed E-state index contributed by atoms with van der Waals surface area (Å²) in [6.45, 7) is 9.20. The largest absolute Gasteiger partial charge is 0.444 e. The maximum Gasteiger partial charge on any atom is 0.410 e. The lowest BCUT2D eigenvalue weighted by atomic mass is 9.89. The SMILES string of the molecule is COC1CC(Nc2cc(C3CC3)cnc2C(=O)N(CC(C)C)C2CC(C(=O)N3CCC(F)(F)C3)CN(C(=O)OC(C)(C)C)C2)C1. The molecule has 4 aliphatic rings. The lowest BCUT2D eigenvalue weighted by Crippen LogP contribution is -2.58. The molecule has 4 fully saturated rings. The average Bonchev–Trinajstić information content (AvgIpc) is 3.73. The van der Waals surface area contributed by atoms with Crippen LogP contribution in [0.1, 0.15) is 95.1 Å². The third-order valence-electron chi connectivity index (χ3n) is 9.12. The topological polar surface area (TPSA) is 104 Å². The van der Waals surface area contributed by atoms with E-state index < -0.39 is 42.0 Å².